The van der Waals surface area contributed by atoms with Gasteiger partial charge in [-0.25, -0.2) is 8.42 Å². The van der Waals surface area contributed by atoms with Crippen molar-refractivity contribution in [3.8, 4) is 0 Å². The van der Waals surface area contributed by atoms with Gasteiger partial charge in [0.15, 0.2) is 0 Å². The minimum absolute atomic E-state index is 0.232. The third-order valence-corrected chi connectivity index (χ3v) is 7.10. The lowest BCUT2D eigenvalue weighted by Gasteiger charge is -2.26. The molecule has 1 aliphatic heterocycles. The van der Waals surface area contributed by atoms with Crippen LogP contribution >= 0.6 is 22.9 Å². The molecule has 6 nitrogen and oxygen atoms in total. The largest absolute Gasteiger partial charge is 0.379 e. The van der Waals surface area contributed by atoms with Gasteiger partial charge in [-0.15, -0.1) is 11.3 Å². The Labute approximate surface area is 167 Å². The second-order valence-electron chi connectivity index (χ2n) is 5.85. The van der Waals surface area contributed by atoms with Crippen molar-refractivity contribution < 1.29 is 17.9 Å². The van der Waals surface area contributed by atoms with Gasteiger partial charge in [-0.3, -0.25) is 4.79 Å². The highest BCUT2D eigenvalue weighted by Gasteiger charge is 2.25. The number of nitrogens with one attached hydrogen (secondary N) is 1. The Morgan fingerprint density at radius 2 is 1.89 bits per heavy atom. The van der Waals surface area contributed by atoms with Crippen LogP contribution in [0.25, 0.3) is 6.08 Å². The first-order chi connectivity index (χ1) is 12.9. The van der Waals surface area contributed by atoms with Crippen LogP contribution in [0.3, 0.4) is 0 Å². The standard InChI is InChI=1S/C18H19ClN2O4S2/c19-17-7-3-15(26-17)4-8-18(22)20-13-14-1-5-16(6-2-14)27(23,24)21-9-11-25-12-10-21/h1-8H,9-13H2,(H,20,22). The Hall–Kier alpha value is -1.71. The maximum atomic E-state index is 12.6. The number of carbonyl (C=O) groups excluding carboxylic acids is 1. The van der Waals surface area contributed by atoms with E-state index in [0.29, 0.717) is 37.2 Å². The maximum Gasteiger partial charge on any atom is 0.244 e. The number of rotatable bonds is 6. The van der Waals surface area contributed by atoms with E-state index in [1.807, 2.05) is 6.07 Å². The summed E-state index contributed by atoms with van der Waals surface area (Å²) in [5.41, 5.74) is 0.817. The molecule has 1 fully saturated rings. The number of carbonyl (C=O) groups is 1. The average Bonchev–Trinajstić information content (AvgIpc) is 3.11. The van der Waals surface area contributed by atoms with Gasteiger partial charge >= 0.3 is 0 Å². The molecule has 1 aromatic carbocycles. The van der Waals surface area contributed by atoms with Gasteiger partial charge in [0.1, 0.15) is 0 Å². The highest BCUT2D eigenvalue weighted by Crippen LogP contribution is 2.22. The summed E-state index contributed by atoms with van der Waals surface area (Å²) in [5, 5.41) is 2.77. The maximum absolute atomic E-state index is 12.6. The van der Waals surface area contributed by atoms with E-state index in [9.17, 15) is 13.2 Å². The second-order valence-corrected chi connectivity index (χ2v) is 9.54. The predicted octanol–water partition coefficient (Wildman–Crippen LogP) is 2.75. The van der Waals surface area contributed by atoms with Crippen LogP contribution in [0.5, 0.6) is 0 Å². The van der Waals surface area contributed by atoms with Gasteiger partial charge in [-0.1, -0.05) is 23.7 Å². The van der Waals surface area contributed by atoms with Crippen molar-refractivity contribution in [2.75, 3.05) is 26.3 Å². The molecule has 0 atom stereocenters. The minimum atomic E-state index is -3.50. The molecule has 2 aromatic rings. The topological polar surface area (TPSA) is 75.7 Å². The molecule has 2 heterocycles. The molecule has 1 amide bonds. The van der Waals surface area contributed by atoms with Crippen LogP contribution in [0.2, 0.25) is 4.34 Å². The van der Waals surface area contributed by atoms with Gasteiger partial charge in [0.25, 0.3) is 0 Å². The predicted molar refractivity (Wildman–Crippen MR) is 106 cm³/mol. The number of morpholine rings is 1. The third-order valence-electron chi connectivity index (χ3n) is 3.99. The van der Waals surface area contributed by atoms with E-state index in [1.54, 1.807) is 36.4 Å². The van der Waals surface area contributed by atoms with Crippen molar-refractivity contribution >= 4 is 44.9 Å². The molecular weight excluding hydrogens is 408 g/mol. The fourth-order valence-corrected chi connectivity index (χ4v) is 4.91. The molecule has 0 spiro atoms. The smallest absolute Gasteiger partial charge is 0.244 e. The number of amides is 1. The van der Waals surface area contributed by atoms with Crippen LogP contribution < -0.4 is 5.32 Å². The van der Waals surface area contributed by atoms with Gasteiger partial charge in [0.05, 0.1) is 22.4 Å². The Morgan fingerprint density at radius 1 is 1.19 bits per heavy atom. The lowest BCUT2D eigenvalue weighted by Crippen LogP contribution is -2.40. The second kappa shape index (κ2) is 8.99. The lowest BCUT2D eigenvalue weighted by atomic mass is 10.2. The number of hydrogen-bond acceptors (Lipinski definition) is 5. The number of thiophene rings is 1. The normalized spacial score (nSPS) is 15.9. The molecular formula is C18H19ClN2O4S2. The van der Waals surface area contributed by atoms with Crippen molar-refractivity contribution in [3.63, 3.8) is 0 Å². The summed E-state index contributed by atoms with van der Waals surface area (Å²) in [4.78, 5) is 13.0. The molecule has 1 saturated heterocycles. The number of benzene rings is 1. The first kappa shape index (κ1) is 20.0. The molecule has 0 bridgehead atoms. The Kier molecular flexibility index (Phi) is 6.67. The van der Waals surface area contributed by atoms with Gasteiger partial charge in [-0.05, 0) is 35.9 Å². The number of hydrogen-bond donors (Lipinski definition) is 1. The fourth-order valence-electron chi connectivity index (χ4n) is 2.54. The minimum Gasteiger partial charge on any atom is -0.379 e. The summed E-state index contributed by atoms with van der Waals surface area (Å²) in [6.45, 7) is 1.86. The average molecular weight is 427 g/mol. The zero-order valence-corrected chi connectivity index (χ0v) is 16.8. The van der Waals surface area contributed by atoms with E-state index >= 15 is 0 Å². The highest BCUT2D eigenvalue weighted by atomic mass is 35.5. The Morgan fingerprint density at radius 3 is 2.52 bits per heavy atom. The van der Waals surface area contributed by atoms with Crippen molar-refractivity contribution in [2.45, 2.75) is 11.4 Å². The van der Waals surface area contributed by atoms with Crippen molar-refractivity contribution in [1.82, 2.24) is 9.62 Å². The van der Waals surface area contributed by atoms with Crippen LogP contribution in [0.15, 0.2) is 47.4 Å². The number of halogens is 1. The molecule has 1 aliphatic rings. The molecule has 144 valence electrons. The molecule has 0 unspecified atom stereocenters. The van der Waals surface area contributed by atoms with E-state index in [4.69, 9.17) is 16.3 Å². The van der Waals surface area contributed by atoms with Crippen LogP contribution in [0.1, 0.15) is 10.4 Å². The van der Waals surface area contributed by atoms with E-state index in [1.165, 1.54) is 21.7 Å². The molecule has 1 N–H and O–H groups in total. The summed E-state index contributed by atoms with van der Waals surface area (Å²) >= 11 is 7.23. The van der Waals surface area contributed by atoms with Crippen LogP contribution in [0.4, 0.5) is 0 Å². The van der Waals surface area contributed by atoms with Crippen LogP contribution in [0, 0.1) is 0 Å². The molecule has 0 aliphatic carbocycles. The fraction of sp³-hybridized carbons (Fsp3) is 0.278. The van der Waals surface area contributed by atoms with Crippen molar-refractivity contribution in [2.24, 2.45) is 0 Å². The Balaban J connectivity index is 1.55. The van der Waals surface area contributed by atoms with Gasteiger partial charge in [0, 0.05) is 30.6 Å². The van der Waals surface area contributed by atoms with E-state index in [0.717, 1.165) is 10.4 Å². The molecule has 0 saturated carbocycles. The lowest BCUT2D eigenvalue weighted by molar-refractivity contribution is -0.116. The van der Waals surface area contributed by atoms with Gasteiger partial charge < -0.3 is 10.1 Å². The molecule has 3 rings (SSSR count). The first-order valence-corrected chi connectivity index (χ1v) is 11.0. The number of nitrogens with zero attached hydrogens (tertiary/aromatic N) is 1. The third kappa shape index (κ3) is 5.40. The van der Waals surface area contributed by atoms with Crippen molar-refractivity contribution in [3.05, 3.63) is 57.3 Å². The summed E-state index contributed by atoms with van der Waals surface area (Å²) in [6, 6.07) is 10.2. The summed E-state index contributed by atoms with van der Waals surface area (Å²) in [6.07, 6.45) is 3.14. The molecule has 27 heavy (non-hydrogen) atoms. The van der Waals surface area contributed by atoms with E-state index in [2.05, 4.69) is 5.32 Å². The first-order valence-electron chi connectivity index (χ1n) is 8.33. The Bertz CT molecular complexity index is 917. The zero-order valence-electron chi connectivity index (χ0n) is 14.4. The van der Waals surface area contributed by atoms with Gasteiger partial charge in [-0.2, -0.15) is 4.31 Å². The van der Waals surface area contributed by atoms with Crippen molar-refractivity contribution in [1.29, 1.82) is 0 Å². The van der Waals surface area contributed by atoms with E-state index < -0.39 is 10.0 Å². The molecule has 0 radical (unpaired) electrons. The SMILES string of the molecule is O=C(C=Cc1ccc(Cl)s1)NCc1ccc(S(=O)(=O)N2CCOCC2)cc1. The van der Waals surface area contributed by atoms with E-state index in [-0.39, 0.29) is 10.8 Å². The highest BCUT2D eigenvalue weighted by molar-refractivity contribution is 7.89. The number of sulfonamides is 1. The quantitative estimate of drug-likeness (QED) is 0.720. The van der Waals surface area contributed by atoms with Crippen LogP contribution in [-0.4, -0.2) is 44.9 Å². The molecule has 1 aromatic heterocycles. The summed E-state index contributed by atoms with van der Waals surface area (Å²) < 4.78 is 32.4. The van der Waals surface area contributed by atoms with Crippen LogP contribution in [-0.2, 0) is 26.1 Å². The summed E-state index contributed by atoms with van der Waals surface area (Å²) in [5.74, 6) is -0.232. The number of ether oxygens (including phenoxy) is 1. The monoisotopic (exact) mass is 426 g/mol. The summed E-state index contributed by atoms with van der Waals surface area (Å²) in [7, 11) is -3.50. The zero-order chi connectivity index (χ0) is 19.3. The van der Waals surface area contributed by atoms with Gasteiger partial charge in [0.2, 0.25) is 15.9 Å². The molecule has 9 heteroatoms.